The van der Waals surface area contributed by atoms with E-state index in [-0.39, 0.29) is 28.8 Å². The van der Waals surface area contributed by atoms with Crippen molar-refractivity contribution in [1.82, 2.24) is 19.2 Å². The zero-order chi connectivity index (χ0) is 23.6. The van der Waals surface area contributed by atoms with Crippen LogP contribution >= 0.6 is 0 Å². The number of fused-ring (bicyclic) bond motifs is 1. The van der Waals surface area contributed by atoms with Gasteiger partial charge in [0.1, 0.15) is 0 Å². The quantitative estimate of drug-likeness (QED) is 0.658. The van der Waals surface area contributed by atoms with Gasteiger partial charge in [-0.25, -0.2) is 13.4 Å². The lowest BCUT2D eigenvalue weighted by Gasteiger charge is -2.26. The fourth-order valence-electron chi connectivity index (χ4n) is 5.42. The Morgan fingerprint density at radius 3 is 2.45 bits per heavy atom. The maximum absolute atomic E-state index is 13.3. The van der Waals surface area contributed by atoms with Crippen LogP contribution in [0.1, 0.15) is 35.2 Å². The van der Waals surface area contributed by atoms with E-state index in [0.29, 0.717) is 19.0 Å². The number of carbonyl (C=O) groups excluding carboxylic acids is 1. The van der Waals surface area contributed by atoms with Crippen LogP contribution in [0.4, 0.5) is 13.2 Å². The number of sulfonamides is 1. The number of aromatic nitrogens is 2. The summed E-state index contributed by atoms with van der Waals surface area (Å²) in [6, 6.07) is 4.76. The minimum atomic E-state index is -4.62. The number of hydrogen-bond acceptors (Lipinski definition) is 4. The Kier molecular flexibility index (Phi) is 5.13. The summed E-state index contributed by atoms with van der Waals surface area (Å²) in [4.78, 5) is 16.7. The molecule has 1 N–H and O–H groups in total. The van der Waals surface area contributed by atoms with Gasteiger partial charge in [0.05, 0.1) is 17.5 Å². The summed E-state index contributed by atoms with van der Waals surface area (Å²) in [7, 11) is -1.99. The monoisotopic (exact) mass is 482 g/mol. The molecule has 1 aliphatic heterocycles. The number of aryl methyl sites for hydroxylation is 1. The predicted molar refractivity (Wildman–Crippen MR) is 112 cm³/mol. The second kappa shape index (κ2) is 7.56. The van der Waals surface area contributed by atoms with Gasteiger partial charge >= 0.3 is 6.18 Å². The number of hydrogen-bond donors (Lipinski definition) is 1. The third kappa shape index (κ3) is 3.95. The molecule has 178 valence electrons. The molecule has 2 aromatic rings. The van der Waals surface area contributed by atoms with Crippen molar-refractivity contribution < 1.29 is 26.4 Å². The van der Waals surface area contributed by atoms with Gasteiger partial charge in [-0.15, -0.1) is 0 Å². The first-order chi connectivity index (χ1) is 15.5. The lowest BCUT2D eigenvalue weighted by Crippen LogP contribution is -2.39. The number of imidazole rings is 1. The van der Waals surface area contributed by atoms with E-state index in [2.05, 4.69) is 10.3 Å². The Morgan fingerprint density at radius 1 is 1.21 bits per heavy atom. The van der Waals surface area contributed by atoms with Crippen LogP contribution in [0.2, 0.25) is 0 Å². The first kappa shape index (κ1) is 22.4. The number of rotatable bonds is 7. The van der Waals surface area contributed by atoms with Crippen LogP contribution in [0.3, 0.4) is 0 Å². The predicted octanol–water partition coefficient (Wildman–Crippen LogP) is 2.91. The highest BCUT2D eigenvalue weighted by molar-refractivity contribution is 7.89. The molecule has 3 aliphatic rings. The molecule has 11 heteroatoms. The van der Waals surface area contributed by atoms with E-state index in [1.54, 1.807) is 11.6 Å². The van der Waals surface area contributed by atoms with Gasteiger partial charge in [-0.3, -0.25) is 4.79 Å². The molecule has 2 aliphatic carbocycles. The number of nitrogens with one attached hydrogen (secondary N) is 1. The standard InChI is InChI=1S/C22H25F3N4O3S/c1-28-11-19(27-13-28)33(31,32)29-9-17-18(10-29)21(17,8-14-6-7-14)12-26-20(30)15-4-2-3-5-16(15)22(23,24)25/h2-5,11,13-14,17-18H,6-10,12H2,1H3,(H,26,30)/t17-,18+,21?. The summed E-state index contributed by atoms with van der Waals surface area (Å²) in [6.07, 6.45) is 1.35. The fourth-order valence-corrected chi connectivity index (χ4v) is 6.88. The van der Waals surface area contributed by atoms with E-state index < -0.39 is 33.2 Å². The number of nitrogens with zero attached hydrogens (tertiary/aromatic N) is 3. The lowest BCUT2D eigenvalue weighted by molar-refractivity contribution is -0.137. The third-order valence-corrected chi connectivity index (χ3v) is 9.08. The third-order valence-electron chi connectivity index (χ3n) is 7.36. The van der Waals surface area contributed by atoms with Gasteiger partial charge < -0.3 is 9.88 Å². The number of piperidine rings is 1. The topological polar surface area (TPSA) is 84.3 Å². The summed E-state index contributed by atoms with van der Waals surface area (Å²) >= 11 is 0. The van der Waals surface area contributed by atoms with Gasteiger partial charge in [0.25, 0.3) is 15.9 Å². The van der Waals surface area contributed by atoms with Crippen LogP contribution in [0.25, 0.3) is 0 Å². The first-order valence-electron chi connectivity index (χ1n) is 10.9. The van der Waals surface area contributed by atoms with Crippen molar-refractivity contribution in [2.45, 2.75) is 30.5 Å². The summed E-state index contributed by atoms with van der Waals surface area (Å²) in [5, 5.41) is 2.75. The first-order valence-corrected chi connectivity index (χ1v) is 12.4. The van der Waals surface area contributed by atoms with Gasteiger partial charge in [0.2, 0.25) is 0 Å². The second-order valence-corrected chi connectivity index (χ2v) is 11.4. The normalized spacial score (nSPS) is 27.4. The number of amides is 1. The molecular weight excluding hydrogens is 457 g/mol. The summed E-state index contributed by atoms with van der Waals surface area (Å²) in [5.41, 5.74) is -1.61. The smallest absolute Gasteiger partial charge is 0.351 e. The molecule has 5 rings (SSSR count). The molecule has 1 amide bonds. The zero-order valence-corrected chi connectivity index (χ0v) is 18.9. The largest absolute Gasteiger partial charge is 0.417 e. The maximum atomic E-state index is 13.3. The molecule has 2 saturated carbocycles. The highest BCUT2D eigenvalue weighted by Crippen LogP contribution is 2.67. The van der Waals surface area contributed by atoms with Crippen molar-refractivity contribution in [3.8, 4) is 0 Å². The molecule has 0 radical (unpaired) electrons. The van der Waals surface area contributed by atoms with Gasteiger partial charge in [0, 0.05) is 32.9 Å². The Morgan fingerprint density at radius 2 is 1.88 bits per heavy atom. The van der Waals surface area contributed by atoms with Gasteiger partial charge in [-0.05, 0) is 41.7 Å². The molecule has 2 heterocycles. The Bertz CT molecular complexity index is 1180. The highest BCUT2D eigenvalue weighted by Gasteiger charge is 2.69. The van der Waals surface area contributed by atoms with Crippen LogP contribution in [0, 0.1) is 23.2 Å². The van der Waals surface area contributed by atoms with E-state index in [4.69, 9.17) is 0 Å². The SMILES string of the molecule is Cn1cnc(S(=O)(=O)N2C[C@@H]3[C@H](C2)C3(CNC(=O)c2ccccc2C(F)(F)F)CC2CC2)c1. The van der Waals surface area contributed by atoms with Crippen LogP contribution in [0.15, 0.2) is 41.8 Å². The van der Waals surface area contributed by atoms with Gasteiger partial charge in [-0.1, -0.05) is 25.0 Å². The average molecular weight is 483 g/mol. The molecule has 1 unspecified atom stereocenters. The van der Waals surface area contributed by atoms with Crippen LogP contribution in [0.5, 0.6) is 0 Å². The van der Waals surface area contributed by atoms with E-state index in [1.165, 1.54) is 35.0 Å². The van der Waals surface area contributed by atoms with Crippen molar-refractivity contribution in [1.29, 1.82) is 0 Å². The van der Waals surface area contributed by atoms with E-state index in [9.17, 15) is 26.4 Å². The lowest BCUT2D eigenvalue weighted by atomic mass is 9.92. The van der Waals surface area contributed by atoms with E-state index >= 15 is 0 Å². The van der Waals surface area contributed by atoms with Crippen LogP contribution < -0.4 is 5.32 Å². The number of halogens is 3. The van der Waals surface area contributed by atoms with Gasteiger partial charge in [0.15, 0.2) is 5.03 Å². The summed E-state index contributed by atoms with van der Waals surface area (Å²) in [6.45, 7) is 0.929. The van der Waals surface area contributed by atoms with Crippen LogP contribution in [-0.2, 0) is 23.2 Å². The highest BCUT2D eigenvalue weighted by atomic mass is 32.2. The molecular formula is C22H25F3N4O3S. The number of alkyl halides is 3. The van der Waals surface area contributed by atoms with E-state index in [1.807, 2.05) is 0 Å². The van der Waals surface area contributed by atoms with Crippen molar-refractivity contribution in [3.63, 3.8) is 0 Å². The van der Waals surface area contributed by atoms with Gasteiger partial charge in [-0.2, -0.15) is 17.5 Å². The van der Waals surface area contributed by atoms with Crippen molar-refractivity contribution in [2.75, 3.05) is 19.6 Å². The van der Waals surface area contributed by atoms with Crippen LogP contribution in [-0.4, -0.2) is 47.8 Å². The molecule has 0 spiro atoms. The van der Waals surface area contributed by atoms with Crippen molar-refractivity contribution in [3.05, 3.63) is 47.9 Å². The fraction of sp³-hybridized carbons (Fsp3) is 0.545. The Labute approximate surface area is 190 Å². The molecule has 3 atom stereocenters. The minimum absolute atomic E-state index is 0.0103. The minimum Gasteiger partial charge on any atom is -0.351 e. The molecule has 1 saturated heterocycles. The zero-order valence-electron chi connectivity index (χ0n) is 18.0. The molecule has 1 aromatic carbocycles. The molecule has 0 bridgehead atoms. The number of benzene rings is 1. The maximum Gasteiger partial charge on any atom is 0.417 e. The van der Waals surface area contributed by atoms with Crippen molar-refractivity contribution in [2.24, 2.45) is 30.2 Å². The van der Waals surface area contributed by atoms with Crippen molar-refractivity contribution >= 4 is 15.9 Å². The molecule has 7 nitrogen and oxygen atoms in total. The Hall–Kier alpha value is -2.40. The summed E-state index contributed by atoms with van der Waals surface area (Å²) < 4.78 is 68.8. The average Bonchev–Trinajstić information content (AvgIpc) is 3.52. The molecule has 33 heavy (non-hydrogen) atoms. The van der Waals surface area contributed by atoms with E-state index in [0.717, 1.165) is 25.3 Å². The Balaban J connectivity index is 1.30. The molecule has 1 aromatic heterocycles. The number of carbonyl (C=O) groups is 1. The second-order valence-electron chi connectivity index (χ2n) is 9.52. The summed E-state index contributed by atoms with van der Waals surface area (Å²) in [5.74, 6) is -0.0543. The molecule has 3 fully saturated rings.